The van der Waals surface area contributed by atoms with E-state index in [9.17, 15) is 0 Å². The third kappa shape index (κ3) is 5.01. The van der Waals surface area contributed by atoms with E-state index in [1.807, 2.05) is 0 Å². The van der Waals surface area contributed by atoms with E-state index in [0.29, 0.717) is 11.5 Å². The summed E-state index contributed by atoms with van der Waals surface area (Å²) in [6.07, 6.45) is 5.12. The molecule has 0 amide bonds. The van der Waals surface area contributed by atoms with Crippen LogP contribution in [0.3, 0.4) is 0 Å². The van der Waals surface area contributed by atoms with Crippen LogP contribution in [0.15, 0.2) is 0 Å². The van der Waals surface area contributed by atoms with Gasteiger partial charge in [0.05, 0.1) is 0 Å². The Morgan fingerprint density at radius 1 is 1.07 bits per heavy atom. The Labute approximate surface area is 97.0 Å². The molecule has 15 heavy (non-hydrogen) atoms. The smallest absolute Gasteiger partial charge is 0.0144 e. The SMILES string of the molecule is CCCNC(C(C)CCC)C(C)(C)CC. The van der Waals surface area contributed by atoms with Crippen LogP contribution in [-0.2, 0) is 0 Å². The molecular formula is C14H31N. The van der Waals surface area contributed by atoms with Crippen molar-refractivity contribution in [3.63, 3.8) is 0 Å². The second-order valence-electron chi connectivity index (χ2n) is 5.54. The second-order valence-corrected chi connectivity index (χ2v) is 5.54. The maximum atomic E-state index is 3.75. The van der Waals surface area contributed by atoms with Crippen LogP contribution in [-0.4, -0.2) is 12.6 Å². The number of hydrogen-bond acceptors (Lipinski definition) is 1. The summed E-state index contributed by atoms with van der Waals surface area (Å²) in [6, 6.07) is 0.669. The molecule has 0 spiro atoms. The van der Waals surface area contributed by atoms with E-state index in [4.69, 9.17) is 0 Å². The minimum Gasteiger partial charge on any atom is -0.313 e. The molecule has 0 rings (SSSR count). The van der Waals surface area contributed by atoms with Crippen molar-refractivity contribution in [1.82, 2.24) is 5.32 Å². The van der Waals surface area contributed by atoms with Crippen molar-refractivity contribution in [2.45, 2.75) is 73.3 Å². The molecule has 0 bridgehead atoms. The monoisotopic (exact) mass is 213 g/mol. The van der Waals surface area contributed by atoms with E-state index in [1.165, 1.54) is 25.7 Å². The van der Waals surface area contributed by atoms with Gasteiger partial charge in [-0.1, -0.05) is 48.0 Å². The zero-order chi connectivity index (χ0) is 11.9. The third-order valence-corrected chi connectivity index (χ3v) is 3.68. The van der Waals surface area contributed by atoms with Crippen molar-refractivity contribution < 1.29 is 0 Å². The van der Waals surface area contributed by atoms with Crippen LogP contribution in [0.1, 0.15) is 67.2 Å². The van der Waals surface area contributed by atoms with Crippen molar-refractivity contribution in [2.75, 3.05) is 6.54 Å². The normalized spacial score (nSPS) is 16.4. The lowest BCUT2D eigenvalue weighted by molar-refractivity contribution is 0.168. The van der Waals surface area contributed by atoms with Gasteiger partial charge in [0.2, 0.25) is 0 Å². The van der Waals surface area contributed by atoms with Gasteiger partial charge in [-0.3, -0.25) is 0 Å². The van der Waals surface area contributed by atoms with Crippen molar-refractivity contribution in [1.29, 1.82) is 0 Å². The largest absolute Gasteiger partial charge is 0.313 e. The van der Waals surface area contributed by atoms with E-state index in [-0.39, 0.29) is 0 Å². The molecule has 0 radical (unpaired) electrons. The quantitative estimate of drug-likeness (QED) is 0.636. The second kappa shape index (κ2) is 7.27. The van der Waals surface area contributed by atoms with Gasteiger partial charge in [0.1, 0.15) is 0 Å². The Morgan fingerprint density at radius 3 is 2.07 bits per heavy atom. The summed E-state index contributed by atoms with van der Waals surface area (Å²) in [7, 11) is 0. The lowest BCUT2D eigenvalue weighted by Crippen LogP contribution is -2.46. The van der Waals surface area contributed by atoms with Gasteiger partial charge in [0, 0.05) is 6.04 Å². The molecular weight excluding hydrogens is 182 g/mol. The van der Waals surface area contributed by atoms with E-state index in [2.05, 4.69) is 46.9 Å². The number of rotatable bonds is 8. The Balaban J connectivity index is 4.41. The predicted octanol–water partition coefficient (Wildman–Crippen LogP) is 4.23. The molecule has 0 aliphatic heterocycles. The van der Waals surface area contributed by atoms with Gasteiger partial charge in [-0.15, -0.1) is 0 Å². The van der Waals surface area contributed by atoms with Gasteiger partial charge in [0.15, 0.2) is 0 Å². The number of nitrogens with one attached hydrogen (secondary N) is 1. The van der Waals surface area contributed by atoms with Gasteiger partial charge in [-0.05, 0) is 37.1 Å². The highest BCUT2D eigenvalue weighted by atomic mass is 14.9. The molecule has 0 saturated heterocycles. The summed E-state index contributed by atoms with van der Waals surface area (Å²) < 4.78 is 0. The van der Waals surface area contributed by atoms with Crippen LogP contribution >= 0.6 is 0 Å². The van der Waals surface area contributed by atoms with Gasteiger partial charge in [0.25, 0.3) is 0 Å². The van der Waals surface area contributed by atoms with Crippen LogP contribution < -0.4 is 5.32 Å². The molecule has 0 aromatic rings. The highest BCUT2D eigenvalue weighted by molar-refractivity contribution is 4.86. The van der Waals surface area contributed by atoms with Crippen molar-refractivity contribution in [3.8, 4) is 0 Å². The molecule has 2 atom stereocenters. The third-order valence-electron chi connectivity index (χ3n) is 3.68. The Kier molecular flexibility index (Phi) is 7.25. The fraction of sp³-hybridized carbons (Fsp3) is 1.00. The fourth-order valence-electron chi connectivity index (χ4n) is 2.39. The van der Waals surface area contributed by atoms with Crippen LogP contribution in [0.25, 0.3) is 0 Å². The summed E-state index contributed by atoms with van der Waals surface area (Å²) in [6.45, 7) is 15.2. The predicted molar refractivity (Wildman–Crippen MR) is 70.2 cm³/mol. The summed E-state index contributed by atoms with van der Waals surface area (Å²) >= 11 is 0. The topological polar surface area (TPSA) is 12.0 Å². The first-order valence-electron chi connectivity index (χ1n) is 6.72. The standard InChI is InChI=1S/C14H31N/c1-7-10-12(4)13(15-11-8-2)14(5,6)9-3/h12-13,15H,7-11H2,1-6H3. The van der Waals surface area contributed by atoms with E-state index >= 15 is 0 Å². The maximum absolute atomic E-state index is 3.75. The van der Waals surface area contributed by atoms with Gasteiger partial charge in [-0.25, -0.2) is 0 Å². The molecule has 0 heterocycles. The first-order valence-corrected chi connectivity index (χ1v) is 6.72. The maximum Gasteiger partial charge on any atom is 0.0144 e. The van der Waals surface area contributed by atoms with Crippen LogP contribution in [0, 0.1) is 11.3 Å². The summed E-state index contributed by atoms with van der Waals surface area (Å²) in [4.78, 5) is 0. The van der Waals surface area contributed by atoms with Crippen molar-refractivity contribution in [2.24, 2.45) is 11.3 Å². The zero-order valence-corrected chi connectivity index (χ0v) is 11.7. The molecule has 0 aliphatic carbocycles. The average molecular weight is 213 g/mol. The van der Waals surface area contributed by atoms with Gasteiger partial charge in [-0.2, -0.15) is 0 Å². The first-order chi connectivity index (χ1) is 6.99. The van der Waals surface area contributed by atoms with E-state index in [0.717, 1.165) is 12.5 Å². The van der Waals surface area contributed by atoms with E-state index in [1.54, 1.807) is 0 Å². The Bertz CT molecular complexity index is 151. The average Bonchev–Trinajstić information content (AvgIpc) is 2.18. The first kappa shape index (κ1) is 15.0. The Hall–Kier alpha value is -0.0400. The summed E-state index contributed by atoms with van der Waals surface area (Å²) in [5.41, 5.74) is 0.420. The lowest BCUT2D eigenvalue weighted by atomic mass is 9.74. The summed E-state index contributed by atoms with van der Waals surface area (Å²) in [5.74, 6) is 0.788. The van der Waals surface area contributed by atoms with Crippen LogP contribution in [0.4, 0.5) is 0 Å². The lowest BCUT2D eigenvalue weighted by Gasteiger charge is -2.38. The molecule has 0 aromatic carbocycles. The highest BCUT2D eigenvalue weighted by Crippen LogP contribution is 2.31. The summed E-state index contributed by atoms with van der Waals surface area (Å²) in [5, 5.41) is 3.75. The molecule has 1 nitrogen and oxygen atoms in total. The zero-order valence-electron chi connectivity index (χ0n) is 11.7. The molecule has 0 aromatic heterocycles. The fourth-order valence-corrected chi connectivity index (χ4v) is 2.39. The van der Waals surface area contributed by atoms with Gasteiger partial charge >= 0.3 is 0 Å². The van der Waals surface area contributed by atoms with E-state index < -0.39 is 0 Å². The minimum atomic E-state index is 0.420. The molecule has 0 saturated carbocycles. The van der Waals surface area contributed by atoms with Crippen LogP contribution in [0.2, 0.25) is 0 Å². The molecule has 1 N–H and O–H groups in total. The molecule has 2 unspecified atom stereocenters. The molecule has 1 heteroatoms. The van der Waals surface area contributed by atoms with Crippen molar-refractivity contribution in [3.05, 3.63) is 0 Å². The number of hydrogen-bond donors (Lipinski definition) is 1. The Morgan fingerprint density at radius 2 is 1.67 bits per heavy atom. The molecule has 0 fully saturated rings. The highest BCUT2D eigenvalue weighted by Gasteiger charge is 2.30. The molecule has 92 valence electrons. The van der Waals surface area contributed by atoms with Crippen LogP contribution in [0.5, 0.6) is 0 Å². The minimum absolute atomic E-state index is 0.420. The van der Waals surface area contributed by atoms with Crippen molar-refractivity contribution >= 4 is 0 Å². The molecule has 0 aliphatic rings. The van der Waals surface area contributed by atoms with Gasteiger partial charge < -0.3 is 5.32 Å².